The molecule has 1 aromatic rings. The van der Waals surface area contributed by atoms with Gasteiger partial charge in [0.1, 0.15) is 6.26 Å². The molecule has 1 rings (SSSR count). The van der Waals surface area contributed by atoms with Gasteiger partial charge >= 0.3 is 0 Å². The van der Waals surface area contributed by atoms with Gasteiger partial charge in [-0.15, -0.1) is 11.3 Å². The summed E-state index contributed by atoms with van der Waals surface area (Å²) in [4.78, 5) is 4.80. The van der Waals surface area contributed by atoms with Crippen LogP contribution in [-0.4, -0.2) is 5.26 Å². The lowest BCUT2D eigenvalue weighted by Gasteiger charge is -1.80. The highest BCUT2D eigenvalue weighted by Gasteiger charge is 1.82. The van der Waals surface area contributed by atoms with Crippen LogP contribution in [0.2, 0.25) is 0 Å². The van der Waals surface area contributed by atoms with Crippen LogP contribution < -0.4 is 0 Å². The van der Waals surface area contributed by atoms with Gasteiger partial charge in [0.2, 0.25) is 0 Å². The van der Waals surface area contributed by atoms with E-state index in [1.54, 1.807) is 17.4 Å². The van der Waals surface area contributed by atoms with Crippen LogP contribution in [0, 0.1) is 0 Å². The monoisotopic (exact) mass is 142 g/mol. The van der Waals surface area contributed by atoms with Crippen molar-refractivity contribution in [1.82, 2.24) is 0 Å². The first kappa shape index (κ1) is 6.32. The Morgan fingerprint density at radius 3 is 3.11 bits per heavy atom. The lowest BCUT2D eigenvalue weighted by atomic mass is 10.5. The minimum Gasteiger partial charge on any atom is -0.348 e. The minimum atomic E-state index is 1.06. The van der Waals surface area contributed by atoms with E-state index < -0.39 is 0 Å². The zero-order chi connectivity index (χ0) is 6.53. The Kier molecular flexibility index (Phi) is 2.30. The second kappa shape index (κ2) is 3.27. The van der Waals surface area contributed by atoms with Crippen molar-refractivity contribution in [3.63, 3.8) is 0 Å². The van der Waals surface area contributed by atoms with Crippen molar-refractivity contribution in [3.05, 3.63) is 28.7 Å². The summed E-state index contributed by atoms with van der Waals surface area (Å²) in [6, 6.07) is 3.86. The van der Waals surface area contributed by atoms with Gasteiger partial charge in [-0.1, -0.05) is 6.07 Å². The fourth-order valence-corrected chi connectivity index (χ4v) is 1.09. The first-order chi connectivity index (χ1) is 4.43. The molecule has 48 valence electrons. The molecule has 0 unspecified atom stereocenters. The molecule has 0 radical (unpaired) electrons. The van der Waals surface area contributed by atoms with Crippen LogP contribution in [0.5, 0.6) is 0 Å². The SMILES string of the molecule is OOC=Cc1cccs1. The maximum atomic E-state index is 7.88. The molecule has 0 aliphatic heterocycles. The summed E-state index contributed by atoms with van der Waals surface area (Å²) >= 11 is 1.58. The second-order valence-electron chi connectivity index (χ2n) is 1.42. The van der Waals surface area contributed by atoms with Crippen molar-refractivity contribution < 1.29 is 10.1 Å². The summed E-state index contributed by atoms with van der Waals surface area (Å²) < 4.78 is 0. The van der Waals surface area contributed by atoms with E-state index in [1.165, 1.54) is 6.26 Å². The summed E-state index contributed by atoms with van der Waals surface area (Å²) in [6.45, 7) is 0. The zero-order valence-corrected chi connectivity index (χ0v) is 5.47. The molecule has 0 aliphatic rings. The molecular formula is C6H6O2S. The van der Waals surface area contributed by atoms with Gasteiger partial charge < -0.3 is 4.89 Å². The highest BCUT2D eigenvalue weighted by atomic mass is 32.1. The molecule has 2 nitrogen and oxygen atoms in total. The topological polar surface area (TPSA) is 29.5 Å². The average molecular weight is 142 g/mol. The summed E-state index contributed by atoms with van der Waals surface area (Å²) in [5, 5.41) is 9.84. The minimum absolute atomic E-state index is 1.06. The van der Waals surface area contributed by atoms with E-state index in [0.717, 1.165) is 4.88 Å². The summed E-state index contributed by atoms with van der Waals surface area (Å²) in [5.74, 6) is 0. The molecule has 1 N–H and O–H groups in total. The van der Waals surface area contributed by atoms with Crippen LogP contribution in [0.4, 0.5) is 0 Å². The van der Waals surface area contributed by atoms with Crippen LogP contribution in [-0.2, 0) is 4.89 Å². The smallest absolute Gasteiger partial charge is 0.130 e. The average Bonchev–Trinajstić information content (AvgIpc) is 2.34. The number of thiophene rings is 1. The maximum absolute atomic E-state index is 7.88. The third kappa shape index (κ3) is 1.87. The molecule has 0 bridgehead atoms. The predicted octanol–water partition coefficient (Wildman–Crippen LogP) is 2.21. The Bertz CT molecular complexity index is 179. The van der Waals surface area contributed by atoms with Crippen LogP contribution in [0.1, 0.15) is 4.88 Å². The molecule has 0 atom stereocenters. The van der Waals surface area contributed by atoms with Crippen LogP contribution >= 0.6 is 11.3 Å². The normalized spacial score (nSPS) is 10.3. The summed E-state index contributed by atoms with van der Waals surface area (Å²) in [5.41, 5.74) is 0. The van der Waals surface area contributed by atoms with Crippen LogP contribution in [0.15, 0.2) is 23.8 Å². The molecule has 0 saturated carbocycles. The van der Waals surface area contributed by atoms with Gasteiger partial charge in [0.15, 0.2) is 0 Å². The van der Waals surface area contributed by atoms with Crippen molar-refractivity contribution in [2.24, 2.45) is 0 Å². The molecule has 0 aliphatic carbocycles. The predicted molar refractivity (Wildman–Crippen MR) is 37.1 cm³/mol. The molecular weight excluding hydrogens is 136 g/mol. The van der Waals surface area contributed by atoms with E-state index in [0.29, 0.717) is 0 Å². The van der Waals surface area contributed by atoms with Crippen molar-refractivity contribution in [2.45, 2.75) is 0 Å². The zero-order valence-electron chi connectivity index (χ0n) is 4.65. The third-order valence-electron chi connectivity index (χ3n) is 0.836. The van der Waals surface area contributed by atoms with Crippen molar-refractivity contribution in [3.8, 4) is 0 Å². The Morgan fingerprint density at radius 2 is 2.56 bits per heavy atom. The molecule has 3 heteroatoms. The van der Waals surface area contributed by atoms with Gasteiger partial charge in [0, 0.05) is 4.88 Å². The number of hydrogen-bond acceptors (Lipinski definition) is 3. The van der Waals surface area contributed by atoms with Crippen molar-refractivity contribution in [1.29, 1.82) is 0 Å². The number of rotatable bonds is 2. The highest BCUT2D eigenvalue weighted by Crippen LogP contribution is 2.09. The Hall–Kier alpha value is -0.800. The standard InChI is InChI=1S/C6H6O2S/c7-8-4-3-6-2-1-5-9-6/h1-5,7H. The van der Waals surface area contributed by atoms with Gasteiger partial charge in [0.05, 0.1) is 0 Å². The lowest BCUT2D eigenvalue weighted by molar-refractivity contribution is -0.185. The third-order valence-corrected chi connectivity index (χ3v) is 1.67. The Morgan fingerprint density at radius 1 is 1.67 bits per heavy atom. The lowest BCUT2D eigenvalue weighted by Crippen LogP contribution is -1.63. The Balaban J connectivity index is 2.57. The largest absolute Gasteiger partial charge is 0.348 e. The first-order valence-electron chi connectivity index (χ1n) is 2.44. The van der Waals surface area contributed by atoms with Gasteiger partial charge in [-0.3, -0.25) is 0 Å². The van der Waals surface area contributed by atoms with Crippen LogP contribution in [0.25, 0.3) is 6.08 Å². The maximum Gasteiger partial charge on any atom is 0.130 e. The van der Waals surface area contributed by atoms with Gasteiger partial charge in [0.25, 0.3) is 0 Å². The van der Waals surface area contributed by atoms with Crippen molar-refractivity contribution in [2.75, 3.05) is 0 Å². The molecule has 0 saturated heterocycles. The quantitative estimate of drug-likeness (QED) is 0.389. The van der Waals surface area contributed by atoms with E-state index in [9.17, 15) is 0 Å². The van der Waals surface area contributed by atoms with Gasteiger partial charge in [-0.2, -0.15) is 0 Å². The van der Waals surface area contributed by atoms with E-state index in [4.69, 9.17) is 5.26 Å². The summed E-state index contributed by atoms with van der Waals surface area (Å²) in [7, 11) is 0. The van der Waals surface area contributed by atoms with E-state index in [-0.39, 0.29) is 0 Å². The molecule has 1 heterocycles. The highest BCUT2D eigenvalue weighted by molar-refractivity contribution is 7.10. The van der Waals surface area contributed by atoms with Gasteiger partial charge in [-0.25, -0.2) is 5.26 Å². The molecule has 1 aromatic heterocycles. The molecule has 0 aromatic carbocycles. The molecule has 0 amide bonds. The fourth-order valence-electron chi connectivity index (χ4n) is 0.484. The second-order valence-corrected chi connectivity index (χ2v) is 2.40. The van der Waals surface area contributed by atoms with E-state index in [2.05, 4.69) is 4.89 Å². The van der Waals surface area contributed by atoms with Gasteiger partial charge in [-0.05, 0) is 17.5 Å². The van der Waals surface area contributed by atoms with E-state index >= 15 is 0 Å². The molecule has 0 fully saturated rings. The van der Waals surface area contributed by atoms with E-state index in [1.807, 2.05) is 17.5 Å². The number of hydrogen-bond donors (Lipinski definition) is 1. The Labute approximate surface area is 56.9 Å². The van der Waals surface area contributed by atoms with Crippen LogP contribution in [0.3, 0.4) is 0 Å². The van der Waals surface area contributed by atoms with Crippen molar-refractivity contribution >= 4 is 17.4 Å². The molecule has 0 spiro atoms. The summed E-state index contributed by atoms with van der Waals surface area (Å²) in [6.07, 6.45) is 2.91. The first-order valence-corrected chi connectivity index (χ1v) is 3.32. The fraction of sp³-hybridized carbons (Fsp3) is 0. The molecule has 9 heavy (non-hydrogen) atoms.